The Bertz CT molecular complexity index is 855. The van der Waals surface area contributed by atoms with E-state index in [1.165, 1.54) is 28.6 Å². The zero-order valence-corrected chi connectivity index (χ0v) is 22.8. The van der Waals surface area contributed by atoms with Gasteiger partial charge in [-0.15, -0.1) is 0 Å². The SMILES string of the molecule is C=C(CC=CC(=C)N1CC2(CCN(C/C=C(\C)CC(C)C(=C)OCC)CC2)OC1=O)C(=O)OI. The number of hydrogen-bond donors (Lipinski definition) is 0. The number of rotatable bonds is 12. The van der Waals surface area contributed by atoms with Gasteiger partial charge in [0.25, 0.3) is 0 Å². The van der Waals surface area contributed by atoms with E-state index in [1.54, 1.807) is 17.1 Å². The molecule has 1 unspecified atom stereocenters. The minimum atomic E-state index is -0.471. The van der Waals surface area contributed by atoms with E-state index in [0.29, 0.717) is 36.8 Å². The number of likely N-dealkylation sites (tertiary alicyclic amines) is 1. The third-order valence-electron chi connectivity index (χ3n) is 6.32. The Balaban J connectivity index is 1.82. The molecule has 2 fully saturated rings. The fourth-order valence-electron chi connectivity index (χ4n) is 4.11. The van der Waals surface area contributed by atoms with Gasteiger partial charge in [-0.2, -0.15) is 0 Å². The highest BCUT2D eigenvalue weighted by Gasteiger charge is 2.47. The molecule has 0 bridgehead atoms. The number of amides is 1. The quantitative estimate of drug-likeness (QED) is 0.0964. The van der Waals surface area contributed by atoms with Crippen LogP contribution in [0.15, 0.2) is 60.6 Å². The van der Waals surface area contributed by atoms with Crippen molar-refractivity contribution in [2.75, 3.05) is 32.8 Å². The summed E-state index contributed by atoms with van der Waals surface area (Å²) >= 11 is 1.53. The molecular formula is C26H37IN2O5. The van der Waals surface area contributed by atoms with Crippen LogP contribution in [0.5, 0.6) is 0 Å². The number of nitrogens with zero attached hydrogens (tertiary/aromatic N) is 2. The molecule has 0 N–H and O–H groups in total. The van der Waals surface area contributed by atoms with E-state index in [1.807, 2.05) is 6.92 Å². The van der Waals surface area contributed by atoms with Gasteiger partial charge < -0.3 is 12.5 Å². The van der Waals surface area contributed by atoms with Crippen LogP contribution in [0.4, 0.5) is 4.79 Å². The summed E-state index contributed by atoms with van der Waals surface area (Å²) in [4.78, 5) is 27.9. The molecule has 2 rings (SSSR count). The monoisotopic (exact) mass is 584 g/mol. The molecule has 2 aliphatic heterocycles. The predicted octanol–water partition coefficient (Wildman–Crippen LogP) is 5.71. The maximum absolute atomic E-state index is 12.5. The van der Waals surface area contributed by atoms with Crippen molar-refractivity contribution in [1.29, 1.82) is 0 Å². The van der Waals surface area contributed by atoms with Gasteiger partial charge in [0.2, 0.25) is 0 Å². The highest BCUT2D eigenvalue weighted by molar-refractivity contribution is 14.1. The predicted molar refractivity (Wildman–Crippen MR) is 142 cm³/mol. The molecule has 1 spiro atoms. The van der Waals surface area contributed by atoms with Crippen molar-refractivity contribution >= 4 is 35.1 Å². The third-order valence-corrected chi connectivity index (χ3v) is 6.72. The molecule has 0 aromatic carbocycles. The lowest BCUT2D eigenvalue weighted by Gasteiger charge is -2.37. The van der Waals surface area contributed by atoms with Crippen LogP contribution in [-0.4, -0.2) is 60.2 Å². The largest absolute Gasteiger partial charge is 0.499 e. The summed E-state index contributed by atoms with van der Waals surface area (Å²) in [5, 5.41) is 0. The van der Waals surface area contributed by atoms with Crippen molar-refractivity contribution < 1.29 is 22.1 Å². The number of halogens is 1. The van der Waals surface area contributed by atoms with Gasteiger partial charge in [0.1, 0.15) is 5.60 Å². The van der Waals surface area contributed by atoms with Gasteiger partial charge >= 0.3 is 12.1 Å². The van der Waals surface area contributed by atoms with Crippen molar-refractivity contribution in [2.24, 2.45) is 5.92 Å². The van der Waals surface area contributed by atoms with Gasteiger partial charge in [-0.1, -0.05) is 44.4 Å². The topological polar surface area (TPSA) is 68.3 Å². The molecule has 2 aliphatic rings. The molecule has 8 heteroatoms. The van der Waals surface area contributed by atoms with Gasteiger partial charge in [0.15, 0.2) is 23.0 Å². The lowest BCUT2D eigenvalue weighted by Crippen LogP contribution is -2.46. The number of allylic oxidation sites excluding steroid dienone is 4. The smallest absolute Gasteiger partial charge is 0.415 e. The van der Waals surface area contributed by atoms with Crippen LogP contribution < -0.4 is 0 Å². The molecule has 0 saturated carbocycles. The fourth-order valence-corrected chi connectivity index (χ4v) is 4.42. The number of hydrogen-bond acceptors (Lipinski definition) is 6. The lowest BCUT2D eigenvalue weighted by atomic mass is 9.91. The summed E-state index contributed by atoms with van der Waals surface area (Å²) in [5.74, 6) is 0.676. The lowest BCUT2D eigenvalue weighted by molar-refractivity contribution is -0.127. The normalized spacial score (nSPS) is 19.2. The standard InChI is InChI=1S/C26H37IN2O5/c1-7-32-23(6)21(4)17-19(2)11-14-28-15-12-26(13-16-28)18-29(25(31)33-26)22(5)10-8-9-20(3)24(30)34-27/h8,10-11,21H,3,5-7,9,12-18H2,1-2,4H3/b10-8?,19-11+. The molecule has 0 aromatic rings. The average Bonchev–Trinajstić information content (AvgIpc) is 3.13. The van der Waals surface area contributed by atoms with Gasteiger partial charge in [0, 0.05) is 49.7 Å². The van der Waals surface area contributed by atoms with Crippen LogP contribution in [0, 0.1) is 5.92 Å². The van der Waals surface area contributed by atoms with Crippen molar-refractivity contribution in [3.05, 3.63) is 60.6 Å². The van der Waals surface area contributed by atoms with E-state index >= 15 is 0 Å². The third kappa shape index (κ3) is 8.01. The van der Waals surface area contributed by atoms with E-state index in [2.05, 4.69) is 47.6 Å². The number of piperidine rings is 1. The van der Waals surface area contributed by atoms with Gasteiger partial charge in [0.05, 0.1) is 18.9 Å². The maximum atomic E-state index is 12.5. The molecule has 0 aromatic heterocycles. The Morgan fingerprint density at radius 3 is 2.59 bits per heavy atom. The zero-order chi connectivity index (χ0) is 25.3. The molecule has 7 nitrogen and oxygen atoms in total. The molecule has 2 heterocycles. The summed E-state index contributed by atoms with van der Waals surface area (Å²) < 4.78 is 15.9. The zero-order valence-electron chi connectivity index (χ0n) is 20.6. The maximum Gasteiger partial charge on any atom is 0.415 e. The minimum absolute atomic E-state index is 0.296. The van der Waals surface area contributed by atoms with E-state index < -0.39 is 11.6 Å². The Morgan fingerprint density at radius 1 is 1.29 bits per heavy atom. The van der Waals surface area contributed by atoms with Crippen LogP contribution in [0.1, 0.15) is 46.5 Å². The van der Waals surface area contributed by atoms with Crippen molar-refractivity contribution in [1.82, 2.24) is 9.80 Å². The molecule has 34 heavy (non-hydrogen) atoms. The van der Waals surface area contributed by atoms with Gasteiger partial charge in [-0.05, 0) is 32.8 Å². The Kier molecular flexibility index (Phi) is 10.9. The first-order valence-electron chi connectivity index (χ1n) is 11.7. The number of ether oxygens (including phenoxy) is 2. The van der Waals surface area contributed by atoms with E-state index in [9.17, 15) is 9.59 Å². The number of carbonyl (C=O) groups is 2. The van der Waals surface area contributed by atoms with E-state index in [0.717, 1.165) is 44.7 Å². The van der Waals surface area contributed by atoms with Gasteiger partial charge in [-0.25, -0.2) is 9.59 Å². The summed E-state index contributed by atoms with van der Waals surface area (Å²) in [6.45, 7) is 21.7. The first kappa shape index (κ1) is 28.2. The van der Waals surface area contributed by atoms with Crippen LogP contribution in [0.25, 0.3) is 0 Å². The summed E-state index contributed by atoms with van der Waals surface area (Å²) in [6, 6.07) is 0. The highest BCUT2D eigenvalue weighted by Crippen LogP contribution is 2.35. The first-order chi connectivity index (χ1) is 16.1. The van der Waals surface area contributed by atoms with Crippen molar-refractivity contribution in [3.63, 3.8) is 0 Å². The van der Waals surface area contributed by atoms with Gasteiger partial charge in [-0.3, -0.25) is 9.80 Å². The Hall–Kier alpha value is -2.07. The Labute approximate surface area is 217 Å². The van der Waals surface area contributed by atoms with Crippen LogP contribution in [0.2, 0.25) is 0 Å². The summed E-state index contributed by atoms with van der Waals surface area (Å²) in [6.07, 6.45) is 8.21. The average molecular weight is 584 g/mol. The van der Waals surface area contributed by atoms with Crippen LogP contribution in [0.3, 0.4) is 0 Å². The summed E-state index contributed by atoms with van der Waals surface area (Å²) in [5.41, 5.74) is 1.73. The second-order valence-corrected chi connectivity index (χ2v) is 9.50. The first-order valence-corrected chi connectivity index (χ1v) is 12.5. The summed E-state index contributed by atoms with van der Waals surface area (Å²) in [7, 11) is 0. The molecule has 1 amide bonds. The van der Waals surface area contributed by atoms with Crippen LogP contribution in [-0.2, 0) is 17.3 Å². The highest BCUT2D eigenvalue weighted by atomic mass is 127. The Morgan fingerprint density at radius 2 is 1.97 bits per heavy atom. The molecule has 2 saturated heterocycles. The molecule has 0 aliphatic carbocycles. The minimum Gasteiger partial charge on any atom is -0.499 e. The fraction of sp³-hybridized carbons (Fsp3) is 0.538. The second-order valence-electron chi connectivity index (χ2n) is 9.06. The second kappa shape index (κ2) is 13.1. The number of carbonyl (C=O) groups excluding carboxylic acids is 2. The molecule has 0 radical (unpaired) electrons. The van der Waals surface area contributed by atoms with Crippen LogP contribution >= 0.6 is 23.0 Å². The molecular weight excluding hydrogens is 547 g/mol. The molecule has 1 atom stereocenters. The van der Waals surface area contributed by atoms with Crippen molar-refractivity contribution in [2.45, 2.75) is 52.1 Å². The van der Waals surface area contributed by atoms with E-state index in [4.69, 9.17) is 9.47 Å². The molecule has 188 valence electrons. The van der Waals surface area contributed by atoms with E-state index in [-0.39, 0.29) is 6.09 Å². The van der Waals surface area contributed by atoms with Crippen molar-refractivity contribution in [3.8, 4) is 0 Å².